The third-order valence-electron chi connectivity index (χ3n) is 13.2. The van der Waals surface area contributed by atoms with Crippen molar-refractivity contribution in [1.82, 2.24) is 40.4 Å². The Hall–Kier alpha value is -7.10. The number of carbonyl (C=O) groups excluding carboxylic acids is 4. The van der Waals surface area contributed by atoms with E-state index < -0.39 is 24.3 Å². The number of aromatic amines is 2. The lowest BCUT2D eigenvalue weighted by molar-refractivity contribution is -0.134. The second kappa shape index (κ2) is 19.6. The molecule has 4 unspecified atom stereocenters. The van der Waals surface area contributed by atoms with Crippen LogP contribution in [0.15, 0.2) is 109 Å². The summed E-state index contributed by atoms with van der Waals surface area (Å²) >= 11 is 0. The molecule has 4 aliphatic heterocycles. The van der Waals surface area contributed by atoms with E-state index in [-0.39, 0.29) is 24.2 Å². The van der Waals surface area contributed by atoms with E-state index in [1.54, 1.807) is 24.3 Å². The van der Waals surface area contributed by atoms with E-state index in [9.17, 15) is 19.2 Å². The zero-order valence-electron chi connectivity index (χ0n) is 37.2. The van der Waals surface area contributed by atoms with E-state index in [4.69, 9.17) is 19.4 Å². The minimum Gasteiger partial charge on any atom is -0.453 e. The van der Waals surface area contributed by atoms with Gasteiger partial charge in [-0.05, 0) is 91.1 Å². The average molecular weight is 891 g/mol. The van der Waals surface area contributed by atoms with Gasteiger partial charge in [-0.3, -0.25) is 9.69 Å². The zero-order chi connectivity index (χ0) is 45.7. The molecule has 3 amide bonds. The number of amides is 3. The number of benzene rings is 4. The Balaban J connectivity index is 0.000000337. The highest BCUT2D eigenvalue weighted by atomic mass is 16.5. The van der Waals surface area contributed by atoms with E-state index in [0.29, 0.717) is 24.4 Å². The Kier molecular flexibility index (Phi) is 13.1. The Labute approximate surface area is 383 Å². The first kappa shape index (κ1) is 44.1. The van der Waals surface area contributed by atoms with Crippen molar-refractivity contribution in [3.63, 3.8) is 0 Å². The van der Waals surface area contributed by atoms with Gasteiger partial charge in [0, 0.05) is 12.1 Å². The molecule has 0 aliphatic carbocycles. The summed E-state index contributed by atoms with van der Waals surface area (Å²) in [7, 11) is 4.73. The minimum atomic E-state index is -0.858. The number of nitrogens with one attached hydrogen (secondary N) is 4. The lowest BCUT2D eigenvalue weighted by atomic mass is 9.82. The molecule has 10 rings (SSSR count). The van der Waals surface area contributed by atoms with Crippen LogP contribution in [0.1, 0.15) is 109 Å². The summed E-state index contributed by atoms with van der Waals surface area (Å²) in [6.07, 6.45) is 9.48. The van der Waals surface area contributed by atoms with Crippen LogP contribution in [0, 0.1) is 0 Å². The number of hydrogen-bond acceptors (Lipinski definition) is 10. The fraction of sp³-hybridized carbons (Fsp3) is 0.333. The van der Waals surface area contributed by atoms with Gasteiger partial charge in [-0.15, -0.1) is 0 Å². The molecule has 6 atom stereocenters. The zero-order valence-corrected chi connectivity index (χ0v) is 37.2. The van der Waals surface area contributed by atoms with Crippen LogP contribution >= 0.6 is 0 Å². The monoisotopic (exact) mass is 890 g/mol. The van der Waals surface area contributed by atoms with E-state index in [0.717, 1.165) is 78.4 Å². The molecule has 3 fully saturated rings. The highest BCUT2D eigenvalue weighted by Crippen LogP contribution is 2.56. The summed E-state index contributed by atoms with van der Waals surface area (Å²) in [6, 6.07) is 29.9. The third-order valence-corrected chi connectivity index (χ3v) is 13.2. The normalized spacial score (nSPS) is 20.4. The molecule has 0 radical (unpaired) electrons. The number of fused-ring (bicyclic) bond motifs is 5. The number of H-pyrrole nitrogens is 2. The summed E-state index contributed by atoms with van der Waals surface area (Å²) in [5, 5.41) is 5.14. The van der Waals surface area contributed by atoms with Gasteiger partial charge in [0.1, 0.15) is 30.0 Å². The topological polar surface area (TPSA) is 184 Å². The largest absolute Gasteiger partial charge is 0.453 e. The number of methoxy groups -OCH3 is 2. The number of alkyl carbamates (subject to hydrolysis) is 2. The van der Waals surface area contributed by atoms with Crippen LogP contribution in [-0.2, 0) is 23.8 Å². The quantitative estimate of drug-likeness (QED) is 0.0917. The van der Waals surface area contributed by atoms with Gasteiger partial charge in [0.2, 0.25) is 0 Å². The molecule has 4 aliphatic rings. The molecule has 15 nitrogen and oxygen atoms in total. The van der Waals surface area contributed by atoms with Gasteiger partial charge in [-0.25, -0.2) is 19.6 Å². The molecule has 66 heavy (non-hydrogen) atoms. The van der Waals surface area contributed by atoms with Gasteiger partial charge in [-0.2, -0.15) is 0 Å². The molecular formula is C51H54N8O7. The van der Waals surface area contributed by atoms with Crippen LogP contribution in [0.5, 0.6) is 0 Å². The summed E-state index contributed by atoms with van der Waals surface area (Å²) in [4.78, 5) is 68.6. The van der Waals surface area contributed by atoms with Crippen LogP contribution in [0.3, 0.4) is 0 Å². The molecule has 0 spiro atoms. The molecule has 4 aromatic carbocycles. The molecule has 6 heterocycles. The Morgan fingerprint density at radius 1 is 0.682 bits per heavy atom. The maximum Gasteiger partial charge on any atom is 0.407 e. The smallest absolute Gasteiger partial charge is 0.407 e. The van der Waals surface area contributed by atoms with Gasteiger partial charge < -0.3 is 44.5 Å². The summed E-state index contributed by atoms with van der Waals surface area (Å²) in [6.45, 7) is 1.69. The highest BCUT2D eigenvalue weighted by molar-refractivity contribution is 5.87. The number of nitrogens with zero attached hydrogens (tertiary/aromatic N) is 4. The number of carbonyl (C=O) groups is 4. The third kappa shape index (κ3) is 8.96. The van der Waals surface area contributed by atoms with Crippen molar-refractivity contribution in [2.75, 3.05) is 34.4 Å². The van der Waals surface area contributed by atoms with Crippen LogP contribution in [-0.4, -0.2) is 88.5 Å². The van der Waals surface area contributed by atoms with E-state index in [1.165, 1.54) is 42.9 Å². The Morgan fingerprint density at radius 3 is 1.89 bits per heavy atom. The van der Waals surface area contributed by atoms with Crippen LogP contribution < -0.4 is 10.6 Å². The maximum absolute atomic E-state index is 13.9. The summed E-state index contributed by atoms with van der Waals surface area (Å²) < 4.78 is 15.8. The number of hydrogen-bond donors (Lipinski definition) is 4. The summed E-state index contributed by atoms with van der Waals surface area (Å²) in [5.41, 5.74) is 10.6. The standard InChI is InChI=1S/C41H43N7O4.C10H11NO3/c1-47-20-6-10-31(47)38-43-23-30(45-38)28-17-16-27(35-33-18-19-34(52-33)36(28)35)24-12-14-25(15-13-24)29-22-42-39(44-29)32-11-7-21-48(32)40(49)37(46-41(50)51-2)26-8-4-3-5-9-26;1-14-10(13)11-9(7-12)8-5-3-2-4-6-8/h3-5,8-9,12-17,22-23,31-34,37H,6-7,10-11,18-21H2,1-2H3,(H,42,44)(H,43,45)(H,46,50);2-7,9H,1H3,(H,11,13)/t31?,32-,33?,34?,37-;/m0./s1. The first-order chi connectivity index (χ1) is 32.2. The fourth-order valence-corrected chi connectivity index (χ4v) is 9.89. The number of imidazole rings is 2. The molecule has 340 valence electrons. The Bertz CT molecular complexity index is 2670. The predicted octanol–water partition coefficient (Wildman–Crippen LogP) is 8.85. The molecule has 3 saturated heterocycles. The summed E-state index contributed by atoms with van der Waals surface area (Å²) in [5.74, 6) is 1.60. The van der Waals surface area contributed by atoms with Gasteiger partial charge in [0.25, 0.3) is 5.91 Å². The molecule has 15 heteroatoms. The first-order valence-corrected chi connectivity index (χ1v) is 22.5. The number of aromatic nitrogens is 4. The van der Waals surface area contributed by atoms with Crippen LogP contribution in [0.4, 0.5) is 9.59 Å². The second-order valence-electron chi connectivity index (χ2n) is 17.1. The lowest BCUT2D eigenvalue weighted by Gasteiger charge is -2.28. The van der Waals surface area contributed by atoms with Crippen molar-refractivity contribution in [1.29, 1.82) is 0 Å². The van der Waals surface area contributed by atoms with E-state index >= 15 is 0 Å². The van der Waals surface area contributed by atoms with Crippen molar-refractivity contribution < 1.29 is 33.4 Å². The molecule has 0 saturated carbocycles. The van der Waals surface area contributed by atoms with Gasteiger partial charge in [-0.1, -0.05) is 97.1 Å². The molecular weight excluding hydrogens is 837 g/mol. The van der Waals surface area contributed by atoms with Crippen molar-refractivity contribution in [3.05, 3.63) is 143 Å². The highest BCUT2D eigenvalue weighted by Gasteiger charge is 2.42. The molecule has 2 aromatic heterocycles. The lowest BCUT2D eigenvalue weighted by Crippen LogP contribution is -2.42. The Morgan fingerprint density at radius 2 is 1.24 bits per heavy atom. The van der Waals surface area contributed by atoms with Crippen molar-refractivity contribution >= 4 is 24.4 Å². The number of rotatable bonds is 11. The SMILES string of the molecule is COC(=O)NC(C=O)c1ccccc1.COC(=O)N[C@H](C(=O)N1CCC[C@H]1c1ncc(-c2ccc(-c3ccc(-c4cnc(C5CCCN5C)[nH]4)c4c3C3CCC4O3)cc2)[nH]1)c1ccccc1. The average Bonchev–Trinajstić information content (AvgIpc) is 4.24. The predicted molar refractivity (Wildman–Crippen MR) is 247 cm³/mol. The number of ether oxygens (including phenoxy) is 3. The maximum atomic E-state index is 13.9. The van der Waals surface area contributed by atoms with Gasteiger partial charge >= 0.3 is 12.2 Å². The number of likely N-dealkylation sites (tertiary alicyclic amines) is 2. The van der Waals surface area contributed by atoms with E-state index in [1.807, 2.05) is 53.7 Å². The number of aldehydes is 1. The van der Waals surface area contributed by atoms with Crippen LogP contribution in [0.2, 0.25) is 0 Å². The van der Waals surface area contributed by atoms with Crippen molar-refractivity contribution in [2.45, 2.75) is 74.9 Å². The molecule has 2 bridgehead atoms. The molecule has 6 aromatic rings. The van der Waals surface area contributed by atoms with Gasteiger partial charge in [0.05, 0.1) is 62.3 Å². The van der Waals surface area contributed by atoms with Crippen molar-refractivity contribution in [3.8, 4) is 33.6 Å². The van der Waals surface area contributed by atoms with Gasteiger partial charge in [0.15, 0.2) is 0 Å². The van der Waals surface area contributed by atoms with E-state index in [2.05, 4.69) is 73.7 Å². The van der Waals surface area contributed by atoms with Crippen molar-refractivity contribution in [2.24, 2.45) is 0 Å². The first-order valence-electron chi connectivity index (χ1n) is 22.5. The fourth-order valence-electron chi connectivity index (χ4n) is 9.89. The van der Waals surface area contributed by atoms with Crippen LogP contribution in [0.25, 0.3) is 33.6 Å². The molecule has 4 N–H and O–H groups in total. The second-order valence-corrected chi connectivity index (χ2v) is 17.1. The minimum absolute atomic E-state index is 0.106.